The Bertz CT molecular complexity index is 605. The van der Waals surface area contributed by atoms with Gasteiger partial charge in [0.2, 0.25) is 0 Å². The topological polar surface area (TPSA) is 37.8 Å². The van der Waals surface area contributed by atoms with Crippen LogP contribution in [-0.4, -0.2) is 16.5 Å². The summed E-state index contributed by atoms with van der Waals surface area (Å²) in [6.07, 6.45) is 1.04. The van der Waals surface area contributed by atoms with Gasteiger partial charge in [-0.2, -0.15) is 0 Å². The highest BCUT2D eigenvalue weighted by Crippen LogP contribution is 2.26. The van der Waals surface area contributed by atoms with Gasteiger partial charge in [-0.25, -0.2) is 14.4 Å². The van der Waals surface area contributed by atoms with Crippen molar-refractivity contribution < 1.29 is 4.39 Å². The largest absolute Gasteiger partial charge is 0.369 e. The fraction of sp³-hybridized carbons (Fsp3) is 0.333. The molecule has 0 aliphatic carbocycles. The van der Waals surface area contributed by atoms with Crippen molar-refractivity contribution in [2.24, 2.45) is 0 Å². The number of halogens is 2. The van der Waals surface area contributed by atoms with E-state index in [4.69, 9.17) is 0 Å². The van der Waals surface area contributed by atoms with E-state index in [0.717, 1.165) is 39.7 Å². The van der Waals surface area contributed by atoms with Crippen LogP contribution in [0.25, 0.3) is 0 Å². The standard InChI is InChI=1S/C15H17BrFN3S/c1-3-8-18-15-14(16)10(2)19-13(20-15)9-21-12-6-4-11(17)5-7-12/h4-7H,3,8-9H2,1-2H3,(H,18,19,20). The molecule has 0 aliphatic heterocycles. The first-order chi connectivity index (χ1) is 10.1. The summed E-state index contributed by atoms with van der Waals surface area (Å²) in [6, 6.07) is 6.46. The Labute approximate surface area is 136 Å². The number of nitrogens with zero attached hydrogens (tertiary/aromatic N) is 2. The van der Waals surface area contributed by atoms with E-state index in [2.05, 4.69) is 38.1 Å². The summed E-state index contributed by atoms with van der Waals surface area (Å²) in [4.78, 5) is 10.0. The lowest BCUT2D eigenvalue weighted by Crippen LogP contribution is -2.07. The molecule has 1 heterocycles. The molecule has 1 aromatic heterocycles. The fourth-order valence-electron chi connectivity index (χ4n) is 1.72. The molecule has 0 aliphatic rings. The van der Waals surface area contributed by atoms with Gasteiger partial charge in [-0.15, -0.1) is 11.8 Å². The minimum Gasteiger partial charge on any atom is -0.369 e. The molecule has 0 fully saturated rings. The maximum Gasteiger partial charge on any atom is 0.144 e. The highest BCUT2D eigenvalue weighted by molar-refractivity contribution is 9.10. The smallest absolute Gasteiger partial charge is 0.144 e. The van der Waals surface area contributed by atoms with Crippen LogP contribution in [0.3, 0.4) is 0 Å². The van der Waals surface area contributed by atoms with Crippen LogP contribution in [0, 0.1) is 12.7 Å². The first kappa shape index (κ1) is 16.2. The average molecular weight is 370 g/mol. The number of thioether (sulfide) groups is 1. The lowest BCUT2D eigenvalue weighted by molar-refractivity contribution is 0.626. The third-order valence-electron chi connectivity index (χ3n) is 2.79. The van der Waals surface area contributed by atoms with Crippen LogP contribution in [0.15, 0.2) is 33.6 Å². The van der Waals surface area contributed by atoms with Crippen molar-refractivity contribution in [1.82, 2.24) is 9.97 Å². The molecule has 6 heteroatoms. The summed E-state index contributed by atoms with van der Waals surface area (Å²) >= 11 is 5.11. The molecule has 0 bridgehead atoms. The van der Waals surface area contributed by atoms with E-state index in [9.17, 15) is 4.39 Å². The van der Waals surface area contributed by atoms with Gasteiger partial charge >= 0.3 is 0 Å². The molecule has 2 rings (SSSR count). The van der Waals surface area contributed by atoms with E-state index in [0.29, 0.717) is 5.75 Å². The molecular formula is C15H17BrFN3S. The van der Waals surface area contributed by atoms with Crippen LogP contribution in [0.2, 0.25) is 0 Å². The number of aromatic nitrogens is 2. The van der Waals surface area contributed by atoms with E-state index in [1.54, 1.807) is 23.9 Å². The number of hydrogen-bond donors (Lipinski definition) is 1. The zero-order valence-electron chi connectivity index (χ0n) is 12.0. The Hall–Kier alpha value is -1.14. The third kappa shape index (κ3) is 4.68. The lowest BCUT2D eigenvalue weighted by atomic mass is 10.4. The van der Waals surface area contributed by atoms with E-state index in [-0.39, 0.29) is 5.82 Å². The Morgan fingerprint density at radius 3 is 2.62 bits per heavy atom. The second-order valence-electron chi connectivity index (χ2n) is 4.56. The van der Waals surface area contributed by atoms with Gasteiger partial charge in [0.05, 0.1) is 15.9 Å². The van der Waals surface area contributed by atoms with Gasteiger partial charge < -0.3 is 5.32 Å². The molecule has 0 spiro atoms. The van der Waals surface area contributed by atoms with E-state index in [1.807, 2.05) is 6.92 Å². The molecular weight excluding hydrogens is 353 g/mol. The highest BCUT2D eigenvalue weighted by Gasteiger charge is 2.09. The van der Waals surface area contributed by atoms with E-state index >= 15 is 0 Å². The number of aryl methyl sites for hydroxylation is 1. The predicted octanol–water partition coefficient (Wildman–Crippen LogP) is 4.80. The molecule has 3 nitrogen and oxygen atoms in total. The van der Waals surface area contributed by atoms with Gasteiger partial charge in [-0.1, -0.05) is 6.92 Å². The highest BCUT2D eigenvalue weighted by atomic mass is 79.9. The number of anilines is 1. The summed E-state index contributed by atoms with van der Waals surface area (Å²) in [7, 11) is 0. The van der Waals surface area contributed by atoms with Crippen LogP contribution in [0.4, 0.5) is 10.2 Å². The summed E-state index contributed by atoms with van der Waals surface area (Å²) < 4.78 is 13.8. The van der Waals surface area contributed by atoms with Crippen LogP contribution >= 0.6 is 27.7 Å². The first-order valence-corrected chi connectivity index (χ1v) is 8.53. The second kappa shape index (κ2) is 7.75. The molecule has 21 heavy (non-hydrogen) atoms. The zero-order chi connectivity index (χ0) is 15.2. The van der Waals surface area contributed by atoms with E-state index in [1.165, 1.54) is 12.1 Å². The summed E-state index contributed by atoms with van der Waals surface area (Å²) in [6.45, 7) is 4.94. The normalized spacial score (nSPS) is 10.7. The Kier molecular flexibility index (Phi) is 5.99. The molecule has 0 radical (unpaired) electrons. The monoisotopic (exact) mass is 369 g/mol. The molecule has 1 N–H and O–H groups in total. The molecule has 0 saturated heterocycles. The van der Waals surface area contributed by atoms with Gasteiger partial charge in [-0.3, -0.25) is 0 Å². The minimum atomic E-state index is -0.221. The van der Waals surface area contributed by atoms with Crippen molar-refractivity contribution in [1.29, 1.82) is 0 Å². The van der Waals surface area contributed by atoms with Crippen LogP contribution in [-0.2, 0) is 5.75 Å². The van der Waals surface area contributed by atoms with Crippen LogP contribution < -0.4 is 5.32 Å². The Morgan fingerprint density at radius 2 is 1.95 bits per heavy atom. The fourth-order valence-corrected chi connectivity index (χ4v) is 2.79. The number of rotatable bonds is 6. The van der Waals surface area contributed by atoms with Gasteiger partial charge in [-0.05, 0) is 53.5 Å². The summed E-state index contributed by atoms with van der Waals surface area (Å²) in [5.41, 5.74) is 0.915. The maximum atomic E-state index is 12.9. The predicted molar refractivity (Wildman–Crippen MR) is 89.2 cm³/mol. The lowest BCUT2D eigenvalue weighted by Gasteiger charge is -2.10. The molecule has 0 amide bonds. The minimum absolute atomic E-state index is 0.221. The number of hydrogen-bond acceptors (Lipinski definition) is 4. The van der Waals surface area contributed by atoms with Gasteiger partial charge in [0.1, 0.15) is 17.5 Å². The molecule has 0 saturated carbocycles. The van der Waals surface area contributed by atoms with Crippen molar-refractivity contribution in [2.45, 2.75) is 30.9 Å². The van der Waals surface area contributed by atoms with Crippen molar-refractivity contribution in [3.8, 4) is 0 Å². The van der Waals surface area contributed by atoms with Crippen LogP contribution in [0.1, 0.15) is 24.9 Å². The van der Waals surface area contributed by atoms with Crippen LogP contribution in [0.5, 0.6) is 0 Å². The van der Waals surface area contributed by atoms with Crippen molar-refractivity contribution in [3.05, 3.63) is 46.1 Å². The van der Waals surface area contributed by atoms with Gasteiger partial charge in [0.15, 0.2) is 0 Å². The Balaban J connectivity index is 2.08. The summed E-state index contributed by atoms with van der Waals surface area (Å²) in [5, 5.41) is 3.29. The van der Waals surface area contributed by atoms with Crippen molar-refractivity contribution in [2.75, 3.05) is 11.9 Å². The average Bonchev–Trinajstić information content (AvgIpc) is 2.48. The number of benzene rings is 1. The van der Waals surface area contributed by atoms with Gasteiger partial charge in [0, 0.05) is 11.4 Å². The van der Waals surface area contributed by atoms with E-state index < -0.39 is 0 Å². The SMILES string of the molecule is CCCNc1nc(CSc2ccc(F)cc2)nc(C)c1Br. The molecule has 0 unspecified atom stereocenters. The first-order valence-electron chi connectivity index (χ1n) is 6.75. The summed E-state index contributed by atoms with van der Waals surface area (Å²) in [5.74, 6) is 2.03. The van der Waals surface area contributed by atoms with Crippen molar-refractivity contribution in [3.63, 3.8) is 0 Å². The third-order valence-corrected chi connectivity index (χ3v) is 4.74. The quantitative estimate of drug-likeness (QED) is 0.742. The molecule has 112 valence electrons. The molecule has 1 aromatic carbocycles. The Morgan fingerprint density at radius 1 is 1.24 bits per heavy atom. The van der Waals surface area contributed by atoms with Gasteiger partial charge in [0.25, 0.3) is 0 Å². The zero-order valence-corrected chi connectivity index (χ0v) is 14.4. The maximum absolute atomic E-state index is 12.9. The second-order valence-corrected chi connectivity index (χ2v) is 6.40. The van der Waals surface area contributed by atoms with Crippen molar-refractivity contribution >= 4 is 33.5 Å². The number of nitrogens with one attached hydrogen (secondary N) is 1. The molecule has 2 aromatic rings. The molecule has 0 atom stereocenters.